The maximum atomic E-state index is 5.32. The maximum absolute atomic E-state index is 5.32. The summed E-state index contributed by atoms with van der Waals surface area (Å²) < 4.78 is 15.5. The van der Waals surface area contributed by atoms with Crippen molar-refractivity contribution in [3.05, 3.63) is 42.2 Å². The third-order valence-corrected chi connectivity index (χ3v) is 3.41. The fourth-order valence-electron chi connectivity index (χ4n) is 1.44. The summed E-state index contributed by atoms with van der Waals surface area (Å²) in [5, 5.41) is 0. The van der Waals surface area contributed by atoms with Crippen molar-refractivity contribution in [1.82, 2.24) is 0 Å². The van der Waals surface area contributed by atoms with Crippen molar-refractivity contribution in [1.29, 1.82) is 0 Å². The van der Waals surface area contributed by atoms with Crippen molar-refractivity contribution in [3.8, 4) is 0 Å². The van der Waals surface area contributed by atoms with E-state index in [9.17, 15) is 0 Å². The molecule has 95 valence electrons. The summed E-state index contributed by atoms with van der Waals surface area (Å²) in [4.78, 5) is 0. The van der Waals surface area contributed by atoms with Gasteiger partial charge in [0.05, 0.1) is 0 Å². The van der Waals surface area contributed by atoms with Gasteiger partial charge in [0.2, 0.25) is 0 Å². The molecular weight excluding hydrogens is 236 g/mol. The van der Waals surface area contributed by atoms with Gasteiger partial charge in [-0.25, -0.2) is 0 Å². The van der Waals surface area contributed by atoms with Crippen molar-refractivity contribution in [2.75, 3.05) is 27.1 Å². The molecule has 0 aliphatic carbocycles. The first-order valence-electron chi connectivity index (χ1n) is 5.41. The van der Waals surface area contributed by atoms with Crippen LogP contribution >= 0.6 is 11.8 Å². The van der Waals surface area contributed by atoms with Crippen LogP contribution in [0.4, 0.5) is 0 Å². The van der Waals surface area contributed by atoms with Gasteiger partial charge in [0.25, 0.3) is 6.29 Å². The second kappa shape index (κ2) is 8.53. The van der Waals surface area contributed by atoms with Gasteiger partial charge in [-0.2, -0.15) is 11.8 Å². The van der Waals surface area contributed by atoms with Gasteiger partial charge in [-0.15, -0.1) is 0 Å². The Balaban J connectivity index is 2.33. The van der Waals surface area contributed by atoms with E-state index in [-0.39, 0.29) is 6.10 Å². The fourth-order valence-corrected chi connectivity index (χ4v) is 2.47. The number of rotatable bonds is 8. The topological polar surface area (TPSA) is 27.7 Å². The van der Waals surface area contributed by atoms with E-state index in [1.54, 1.807) is 33.1 Å². The first kappa shape index (κ1) is 14.5. The standard InChI is InChI=1S/C13H19O3S/c1-14-12(13(15-2)16-3)10-17-9-11-7-5-4-6-8-11/h4-8,12H,9-10H2,1-3H3. The highest BCUT2D eigenvalue weighted by Crippen LogP contribution is 2.19. The summed E-state index contributed by atoms with van der Waals surface area (Å²) in [5.74, 6) is 1.77. The van der Waals surface area contributed by atoms with Crippen molar-refractivity contribution >= 4 is 11.8 Å². The molecule has 3 nitrogen and oxygen atoms in total. The van der Waals surface area contributed by atoms with Gasteiger partial charge >= 0.3 is 0 Å². The van der Waals surface area contributed by atoms with Crippen LogP contribution in [0.5, 0.6) is 0 Å². The predicted octanol–water partition coefficient (Wildman–Crippen LogP) is 2.72. The second-order valence-corrected chi connectivity index (χ2v) is 4.48. The van der Waals surface area contributed by atoms with Crippen LogP contribution in [-0.2, 0) is 20.0 Å². The van der Waals surface area contributed by atoms with Crippen LogP contribution in [0.3, 0.4) is 0 Å². The van der Waals surface area contributed by atoms with Crippen LogP contribution in [-0.4, -0.2) is 33.2 Å². The first-order chi connectivity index (χ1) is 8.31. The van der Waals surface area contributed by atoms with Gasteiger partial charge in [-0.3, -0.25) is 0 Å². The summed E-state index contributed by atoms with van der Waals surface area (Å²) in [7, 11) is 4.84. The van der Waals surface area contributed by atoms with Crippen molar-refractivity contribution < 1.29 is 14.2 Å². The molecule has 1 atom stereocenters. The molecule has 0 heterocycles. The van der Waals surface area contributed by atoms with Crippen LogP contribution < -0.4 is 0 Å². The quantitative estimate of drug-likeness (QED) is 0.714. The highest BCUT2D eigenvalue weighted by Gasteiger charge is 2.22. The zero-order valence-electron chi connectivity index (χ0n) is 10.5. The number of ether oxygens (including phenoxy) is 3. The van der Waals surface area contributed by atoms with E-state index >= 15 is 0 Å². The maximum Gasteiger partial charge on any atom is 0.254 e. The van der Waals surface area contributed by atoms with E-state index in [0.717, 1.165) is 11.5 Å². The molecule has 1 rings (SSSR count). The van der Waals surface area contributed by atoms with Gasteiger partial charge < -0.3 is 14.2 Å². The van der Waals surface area contributed by atoms with Crippen LogP contribution in [0, 0.1) is 6.29 Å². The largest absolute Gasteiger partial charge is 0.375 e. The minimum Gasteiger partial charge on any atom is -0.375 e. The summed E-state index contributed by atoms with van der Waals surface area (Å²) in [6.45, 7) is 0. The zero-order chi connectivity index (χ0) is 12.5. The Morgan fingerprint density at radius 3 is 2.29 bits per heavy atom. The predicted molar refractivity (Wildman–Crippen MR) is 70.7 cm³/mol. The number of thioether (sulfide) groups is 1. The van der Waals surface area contributed by atoms with Crippen LogP contribution in [0.15, 0.2) is 30.3 Å². The molecule has 0 spiro atoms. The molecule has 0 amide bonds. The van der Waals surface area contributed by atoms with E-state index in [4.69, 9.17) is 14.2 Å². The Hall–Kier alpha value is -0.550. The highest BCUT2D eigenvalue weighted by molar-refractivity contribution is 7.98. The molecule has 0 aliphatic heterocycles. The third-order valence-electron chi connectivity index (χ3n) is 2.33. The fraction of sp³-hybridized carbons (Fsp3) is 0.462. The number of hydrogen-bond donors (Lipinski definition) is 0. The lowest BCUT2D eigenvalue weighted by Gasteiger charge is -2.21. The summed E-state index contributed by atoms with van der Waals surface area (Å²) >= 11 is 1.79. The zero-order valence-corrected chi connectivity index (χ0v) is 11.3. The minimum absolute atomic E-state index is 0.126. The van der Waals surface area contributed by atoms with Crippen molar-refractivity contribution in [3.63, 3.8) is 0 Å². The molecule has 0 N–H and O–H groups in total. The Morgan fingerprint density at radius 2 is 1.76 bits per heavy atom. The van der Waals surface area contributed by atoms with Gasteiger partial charge in [-0.05, 0) is 5.56 Å². The Bertz CT molecular complexity index is 288. The lowest BCUT2D eigenvalue weighted by atomic mass is 10.2. The Kier molecular flexibility index (Phi) is 7.28. The Labute approximate surface area is 107 Å². The minimum atomic E-state index is -0.126. The lowest BCUT2D eigenvalue weighted by Crippen LogP contribution is -2.26. The van der Waals surface area contributed by atoms with E-state index in [1.807, 2.05) is 18.2 Å². The molecule has 1 aromatic carbocycles. The molecule has 0 aromatic heterocycles. The summed E-state index contributed by atoms with van der Waals surface area (Å²) in [6.07, 6.45) is 0.395. The Morgan fingerprint density at radius 1 is 1.12 bits per heavy atom. The normalized spacial score (nSPS) is 12.9. The van der Waals surface area contributed by atoms with Crippen molar-refractivity contribution in [2.45, 2.75) is 11.9 Å². The molecule has 1 unspecified atom stereocenters. The molecule has 17 heavy (non-hydrogen) atoms. The average molecular weight is 255 g/mol. The number of methoxy groups -OCH3 is 3. The van der Waals surface area contributed by atoms with E-state index < -0.39 is 0 Å². The summed E-state index contributed by atoms with van der Waals surface area (Å²) in [6, 6.07) is 10.4. The molecule has 4 heteroatoms. The van der Waals surface area contributed by atoms with Gasteiger partial charge in [-0.1, -0.05) is 30.3 Å². The van der Waals surface area contributed by atoms with Gasteiger partial charge in [0.1, 0.15) is 6.10 Å². The van der Waals surface area contributed by atoms with Crippen LogP contribution in [0.25, 0.3) is 0 Å². The number of benzene rings is 1. The molecule has 0 bridgehead atoms. The number of hydrogen-bond acceptors (Lipinski definition) is 4. The average Bonchev–Trinajstić information content (AvgIpc) is 2.39. The molecule has 1 radical (unpaired) electrons. The lowest BCUT2D eigenvalue weighted by molar-refractivity contribution is -0.0741. The molecule has 0 fully saturated rings. The smallest absolute Gasteiger partial charge is 0.254 e. The first-order valence-corrected chi connectivity index (χ1v) is 6.56. The molecule has 1 aromatic rings. The third kappa shape index (κ3) is 5.08. The van der Waals surface area contributed by atoms with E-state index in [1.165, 1.54) is 5.56 Å². The van der Waals surface area contributed by atoms with E-state index in [0.29, 0.717) is 6.29 Å². The van der Waals surface area contributed by atoms with Gasteiger partial charge in [0.15, 0.2) is 0 Å². The molecule has 0 aliphatic rings. The monoisotopic (exact) mass is 255 g/mol. The SMILES string of the molecule is CO[C](OC)C(CSCc1ccccc1)OC. The highest BCUT2D eigenvalue weighted by atomic mass is 32.2. The van der Waals surface area contributed by atoms with Crippen LogP contribution in [0.2, 0.25) is 0 Å². The second-order valence-electron chi connectivity index (χ2n) is 3.45. The van der Waals surface area contributed by atoms with Gasteiger partial charge in [0, 0.05) is 32.8 Å². The van der Waals surface area contributed by atoms with Crippen LogP contribution in [0.1, 0.15) is 5.56 Å². The summed E-state index contributed by atoms with van der Waals surface area (Å²) in [5.41, 5.74) is 1.31. The molecule has 0 saturated carbocycles. The molecule has 0 saturated heterocycles. The van der Waals surface area contributed by atoms with E-state index in [2.05, 4.69) is 12.1 Å². The molecular formula is C13H19O3S. The van der Waals surface area contributed by atoms with Crippen molar-refractivity contribution in [2.24, 2.45) is 0 Å².